The fourth-order valence-electron chi connectivity index (χ4n) is 1.80. The highest BCUT2D eigenvalue weighted by molar-refractivity contribution is 5.96. The third-order valence-corrected chi connectivity index (χ3v) is 2.78. The smallest absolute Gasteiger partial charge is 0.339 e. The summed E-state index contributed by atoms with van der Waals surface area (Å²) >= 11 is 0. The maximum Gasteiger partial charge on any atom is 0.339 e. The zero-order valence-electron chi connectivity index (χ0n) is 11.7. The quantitative estimate of drug-likeness (QED) is 0.821. The molecule has 0 aliphatic heterocycles. The molecule has 112 valence electrons. The molecule has 2 rings (SSSR count). The summed E-state index contributed by atoms with van der Waals surface area (Å²) in [7, 11) is 0. The minimum atomic E-state index is -1.11. The lowest BCUT2D eigenvalue weighted by Gasteiger charge is -2.00. The number of amides is 1. The van der Waals surface area contributed by atoms with E-state index in [0.29, 0.717) is 24.6 Å². The van der Waals surface area contributed by atoms with Crippen molar-refractivity contribution in [1.29, 1.82) is 0 Å². The second-order valence-electron chi connectivity index (χ2n) is 4.35. The minimum Gasteiger partial charge on any atom is -0.478 e. The summed E-state index contributed by atoms with van der Waals surface area (Å²) < 4.78 is 10.2. The van der Waals surface area contributed by atoms with Gasteiger partial charge in [0.2, 0.25) is 5.89 Å². The molecule has 0 aliphatic rings. The van der Waals surface area contributed by atoms with Crippen molar-refractivity contribution >= 4 is 11.9 Å². The van der Waals surface area contributed by atoms with Gasteiger partial charge < -0.3 is 19.4 Å². The van der Waals surface area contributed by atoms with Crippen LogP contribution in [-0.2, 0) is 12.8 Å². The van der Waals surface area contributed by atoms with Gasteiger partial charge in [0.25, 0.3) is 5.91 Å². The number of carboxylic acids is 1. The summed E-state index contributed by atoms with van der Waals surface area (Å²) in [6.45, 7) is 3.74. The maximum absolute atomic E-state index is 11.9. The van der Waals surface area contributed by atoms with E-state index >= 15 is 0 Å². The second kappa shape index (κ2) is 6.21. The number of rotatable bonds is 6. The molecule has 0 saturated heterocycles. The van der Waals surface area contributed by atoms with Gasteiger partial charge in [0.05, 0.1) is 0 Å². The first-order chi connectivity index (χ1) is 10.0. The molecule has 2 heterocycles. The summed E-state index contributed by atoms with van der Waals surface area (Å²) in [6, 6.07) is 1.23. The molecule has 2 aromatic rings. The van der Waals surface area contributed by atoms with E-state index in [4.69, 9.17) is 14.0 Å². The third kappa shape index (κ3) is 3.47. The monoisotopic (exact) mass is 293 g/mol. The molecule has 8 heteroatoms. The number of hydrogen-bond acceptors (Lipinski definition) is 6. The van der Waals surface area contributed by atoms with E-state index in [-0.39, 0.29) is 23.6 Å². The number of furan rings is 1. The largest absolute Gasteiger partial charge is 0.478 e. The molecule has 0 atom stereocenters. The molecular weight excluding hydrogens is 278 g/mol. The van der Waals surface area contributed by atoms with Crippen LogP contribution in [0.25, 0.3) is 0 Å². The Morgan fingerprint density at radius 2 is 2.19 bits per heavy atom. The number of aromatic carboxylic acids is 1. The Kier molecular flexibility index (Phi) is 4.36. The van der Waals surface area contributed by atoms with Crippen molar-refractivity contribution in [3.63, 3.8) is 0 Å². The van der Waals surface area contributed by atoms with E-state index in [9.17, 15) is 9.59 Å². The number of aryl methyl sites for hydroxylation is 2. The van der Waals surface area contributed by atoms with Gasteiger partial charge in [0.15, 0.2) is 11.6 Å². The summed E-state index contributed by atoms with van der Waals surface area (Å²) in [5.41, 5.74) is 0.00942. The molecule has 8 nitrogen and oxygen atoms in total. The molecule has 21 heavy (non-hydrogen) atoms. The van der Waals surface area contributed by atoms with Crippen LogP contribution in [0, 0.1) is 6.92 Å². The summed E-state index contributed by atoms with van der Waals surface area (Å²) in [6.07, 6.45) is 0.788. The first kappa shape index (κ1) is 14.8. The van der Waals surface area contributed by atoms with E-state index in [0.717, 1.165) is 0 Å². The van der Waals surface area contributed by atoms with Gasteiger partial charge in [0.1, 0.15) is 11.3 Å². The molecule has 0 spiro atoms. The number of nitrogens with zero attached hydrogens (tertiary/aromatic N) is 2. The van der Waals surface area contributed by atoms with E-state index in [1.54, 1.807) is 13.8 Å². The van der Waals surface area contributed by atoms with Crippen LogP contribution >= 0.6 is 0 Å². The highest BCUT2D eigenvalue weighted by atomic mass is 16.5. The van der Waals surface area contributed by atoms with Crippen LogP contribution < -0.4 is 5.32 Å². The lowest BCUT2D eigenvalue weighted by atomic mass is 10.2. The lowest BCUT2D eigenvalue weighted by Crippen LogP contribution is -2.25. The molecule has 2 aromatic heterocycles. The van der Waals surface area contributed by atoms with Crippen LogP contribution in [0.4, 0.5) is 0 Å². The molecule has 0 saturated carbocycles. The van der Waals surface area contributed by atoms with Gasteiger partial charge in [-0.1, -0.05) is 12.1 Å². The number of hydrogen-bond donors (Lipinski definition) is 2. The van der Waals surface area contributed by atoms with Crippen molar-refractivity contribution in [3.05, 3.63) is 34.9 Å². The lowest BCUT2D eigenvalue weighted by molar-refractivity contribution is 0.0694. The van der Waals surface area contributed by atoms with Crippen LogP contribution in [0.1, 0.15) is 45.3 Å². The standard InChI is InChI=1S/C13H15N3O5/c1-3-9-8(13(18)19)6-10(20-9)12(17)14-5-4-11-15-7(2)16-21-11/h6H,3-5H2,1-2H3,(H,14,17)(H,18,19). The molecule has 0 aromatic carbocycles. The van der Waals surface area contributed by atoms with Gasteiger partial charge >= 0.3 is 5.97 Å². The summed E-state index contributed by atoms with van der Waals surface area (Å²) in [4.78, 5) is 26.9. The normalized spacial score (nSPS) is 10.6. The van der Waals surface area contributed by atoms with E-state index < -0.39 is 11.9 Å². The zero-order chi connectivity index (χ0) is 15.4. The average molecular weight is 293 g/mol. The van der Waals surface area contributed by atoms with Gasteiger partial charge in [-0.2, -0.15) is 4.98 Å². The molecule has 0 bridgehead atoms. The number of carbonyl (C=O) groups excluding carboxylic acids is 1. The second-order valence-corrected chi connectivity index (χ2v) is 4.35. The van der Waals surface area contributed by atoms with Gasteiger partial charge in [-0.3, -0.25) is 4.79 Å². The van der Waals surface area contributed by atoms with Crippen molar-refractivity contribution in [1.82, 2.24) is 15.5 Å². The summed E-state index contributed by atoms with van der Waals surface area (Å²) in [5.74, 6) is -0.385. The SMILES string of the molecule is CCc1oc(C(=O)NCCc2nc(C)no2)cc1C(=O)O. The highest BCUT2D eigenvalue weighted by Crippen LogP contribution is 2.16. The Morgan fingerprint density at radius 1 is 1.43 bits per heavy atom. The molecule has 0 radical (unpaired) electrons. The van der Waals surface area contributed by atoms with Crippen LogP contribution in [0.15, 0.2) is 15.0 Å². The van der Waals surface area contributed by atoms with Crippen molar-refractivity contribution in [2.75, 3.05) is 6.54 Å². The van der Waals surface area contributed by atoms with Crippen molar-refractivity contribution < 1.29 is 23.6 Å². The van der Waals surface area contributed by atoms with Crippen molar-refractivity contribution in [2.24, 2.45) is 0 Å². The Labute approximate surface area is 120 Å². The van der Waals surface area contributed by atoms with Gasteiger partial charge in [-0.25, -0.2) is 4.79 Å². The Bertz CT molecular complexity index is 659. The van der Waals surface area contributed by atoms with Gasteiger partial charge in [0, 0.05) is 25.5 Å². The van der Waals surface area contributed by atoms with Gasteiger partial charge in [-0.05, 0) is 6.92 Å². The number of carboxylic acid groups (broad SMARTS) is 1. The van der Waals surface area contributed by atoms with Crippen LogP contribution in [0.3, 0.4) is 0 Å². The minimum absolute atomic E-state index is 0.00942. The number of aromatic nitrogens is 2. The Morgan fingerprint density at radius 3 is 2.71 bits per heavy atom. The highest BCUT2D eigenvalue weighted by Gasteiger charge is 2.19. The van der Waals surface area contributed by atoms with Gasteiger partial charge in [-0.15, -0.1) is 0 Å². The van der Waals surface area contributed by atoms with Crippen LogP contribution in [0.2, 0.25) is 0 Å². The number of nitrogens with one attached hydrogen (secondary N) is 1. The fourth-order valence-corrected chi connectivity index (χ4v) is 1.80. The maximum atomic E-state index is 11.9. The number of carbonyl (C=O) groups is 2. The topological polar surface area (TPSA) is 118 Å². The van der Waals surface area contributed by atoms with Crippen molar-refractivity contribution in [2.45, 2.75) is 26.7 Å². The molecule has 0 aliphatic carbocycles. The summed E-state index contributed by atoms with van der Waals surface area (Å²) in [5, 5.41) is 15.2. The first-order valence-electron chi connectivity index (χ1n) is 6.44. The van der Waals surface area contributed by atoms with Crippen molar-refractivity contribution in [3.8, 4) is 0 Å². The molecule has 2 N–H and O–H groups in total. The molecular formula is C13H15N3O5. The third-order valence-electron chi connectivity index (χ3n) is 2.78. The predicted molar refractivity (Wildman–Crippen MR) is 70.1 cm³/mol. The van der Waals surface area contributed by atoms with Crippen LogP contribution in [-0.4, -0.2) is 33.7 Å². The van der Waals surface area contributed by atoms with E-state index in [2.05, 4.69) is 15.5 Å². The predicted octanol–water partition coefficient (Wildman–Crippen LogP) is 1.20. The van der Waals surface area contributed by atoms with E-state index in [1.165, 1.54) is 6.07 Å². The molecule has 0 unspecified atom stereocenters. The fraction of sp³-hybridized carbons (Fsp3) is 0.385. The average Bonchev–Trinajstić information content (AvgIpc) is 3.04. The molecule has 0 fully saturated rings. The first-order valence-corrected chi connectivity index (χ1v) is 6.44. The zero-order valence-corrected chi connectivity index (χ0v) is 11.7. The van der Waals surface area contributed by atoms with Crippen LogP contribution in [0.5, 0.6) is 0 Å². The Balaban J connectivity index is 1.95. The Hall–Kier alpha value is -2.64. The molecule has 1 amide bonds. The van der Waals surface area contributed by atoms with E-state index in [1.807, 2.05) is 0 Å².